The molecule has 1 saturated heterocycles. The van der Waals surface area contributed by atoms with E-state index in [0.29, 0.717) is 18.2 Å². The van der Waals surface area contributed by atoms with E-state index < -0.39 is 0 Å². The molecule has 1 N–H and O–H groups in total. The third-order valence-corrected chi connectivity index (χ3v) is 5.82. The van der Waals surface area contributed by atoms with Crippen molar-refractivity contribution in [3.8, 4) is 0 Å². The molecule has 1 aliphatic rings. The molecule has 3 rings (SSSR count). The number of hydrogen-bond donors (Lipinski definition) is 1. The third-order valence-electron chi connectivity index (χ3n) is 4.83. The zero-order chi connectivity index (χ0) is 19.9. The summed E-state index contributed by atoms with van der Waals surface area (Å²) >= 11 is 1.37. The average molecular weight is 402 g/mol. The minimum Gasteiger partial charge on any atom is -0.340 e. The van der Waals surface area contributed by atoms with E-state index in [1.165, 1.54) is 22.5 Å². The molecule has 2 amide bonds. The number of nitrogens with zero attached hydrogens (tertiary/aromatic N) is 4. The second-order valence-corrected chi connectivity index (χ2v) is 8.11. The average Bonchev–Trinajstić information content (AvgIpc) is 3.16. The topological polar surface area (TPSA) is 78.4 Å². The maximum Gasteiger partial charge on any atom is 0.226 e. The SMILES string of the molecule is CCc1nnc(NC(=O)CCC(=O)N2CCN(Cc3ccc(C)cc3)CC2)s1. The van der Waals surface area contributed by atoms with Gasteiger partial charge in [-0.2, -0.15) is 0 Å². The number of piperazine rings is 1. The fourth-order valence-corrected chi connectivity index (χ4v) is 3.81. The normalized spacial score (nSPS) is 14.9. The second-order valence-electron chi connectivity index (χ2n) is 7.05. The highest BCUT2D eigenvalue weighted by Crippen LogP contribution is 2.16. The molecule has 0 spiro atoms. The minimum absolute atomic E-state index is 0.0386. The number of rotatable bonds is 7. The third kappa shape index (κ3) is 5.84. The Bertz CT molecular complexity index is 797. The molecule has 0 saturated carbocycles. The van der Waals surface area contributed by atoms with Gasteiger partial charge < -0.3 is 10.2 Å². The summed E-state index contributed by atoms with van der Waals surface area (Å²) in [4.78, 5) is 28.7. The Hall–Kier alpha value is -2.32. The molecule has 0 bridgehead atoms. The Morgan fingerprint density at radius 2 is 1.79 bits per heavy atom. The molecule has 1 aromatic carbocycles. The van der Waals surface area contributed by atoms with E-state index in [1.807, 2.05) is 11.8 Å². The van der Waals surface area contributed by atoms with E-state index in [9.17, 15) is 9.59 Å². The van der Waals surface area contributed by atoms with Crippen molar-refractivity contribution >= 4 is 28.3 Å². The van der Waals surface area contributed by atoms with E-state index in [1.54, 1.807) is 0 Å². The Balaban J connectivity index is 1.37. The summed E-state index contributed by atoms with van der Waals surface area (Å²) in [6.07, 6.45) is 1.19. The quantitative estimate of drug-likeness (QED) is 0.771. The number of carbonyl (C=O) groups excluding carboxylic acids is 2. The van der Waals surface area contributed by atoms with Crippen molar-refractivity contribution in [2.24, 2.45) is 0 Å². The predicted octanol–water partition coefficient (Wildman–Crippen LogP) is 2.47. The fraction of sp³-hybridized carbons (Fsp3) is 0.500. The van der Waals surface area contributed by atoms with Crippen molar-refractivity contribution < 1.29 is 9.59 Å². The van der Waals surface area contributed by atoms with Crippen molar-refractivity contribution in [2.75, 3.05) is 31.5 Å². The van der Waals surface area contributed by atoms with Gasteiger partial charge in [0.2, 0.25) is 16.9 Å². The van der Waals surface area contributed by atoms with Gasteiger partial charge in [0.1, 0.15) is 5.01 Å². The first kappa shape index (κ1) is 20.4. The van der Waals surface area contributed by atoms with E-state index in [0.717, 1.165) is 31.1 Å². The van der Waals surface area contributed by atoms with Crippen LogP contribution in [0.15, 0.2) is 24.3 Å². The molecule has 0 radical (unpaired) electrons. The van der Waals surface area contributed by atoms with E-state index in [-0.39, 0.29) is 24.7 Å². The Kier molecular flexibility index (Phi) is 7.11. The lowest BCUT2D eigenvalue weighted by Gasteiger charge is -2.34. The molecular weight excluding hydrogens is 374 g/mol. The number of aromatic nitrogens is 2. The lowest BCUT2D eigenvalue weighted by Crippen LogP contribution is -2.48. The maximum absolute atomic E-state index is 12.4. The number of aryl methyl sites for hydroxylation is 2. The molecule has 0 aliphatic carbocycles. The van der Waals surface area contributed by atoms with E-state index in [4.69, 9.17) is 0 Å². The Morgan fingerprint density at radius 3 is 2.43 bits per heavy atom. The zero-order valence-corrected chi connectivity index (χ0v) is 17.3. The van der Waals surface area contributed by atoms with Gasteiger partial charge in [-0.25, -0.2) is 0 Å². The molecule has 28 heavy (non-hydrogen) atoms. The molecule has 150 valence electrons. The number of amides is 2. The second kappa shape index (κ2) is 9.75. The zero-order valence-electron chi connectivity index (χ0n) is 16.5. The van der Waals surface area contributed by atoms with Gasteiger partial charge >= 0.3 is 0 Å². The number of hydrogen-bond acceptors (Lipinski definition) is 6. The van der Waals surface area contributed by atoms with Crippen molar-refractivity contribution in [1.82, 2.24) is 20.0 Å². The molecule has 0 unspecified atom stereocenters. The summed E-state index contributed by atoms with van der Waals surface area (Å²) in [5.74, 6) is -0.151. The lowest BCUT2D eigenvalue weighted by molar-refractivity contribution is -0.134. The van der Waals surface area contributed by atoms with Gasteiger partial charge in [-0.1, -0.05) is 48.1 Å². The largest absolute Gasteiger partial charge is 0.340 e. The maximum atomic E-state index is 12.4. The molecule has 7 nitrogen and oxygen atoms in total. The Labute approximate surface area is 169 Å². The summed E-state index contributed by atoms with van der Waals surface area (Å²) in [6, 6.07) is 8.58. The summed E-state index contributed by atoms with van der Waals surface area (Å²) in [5.41, 5.74) is 2.56. The smallest absolute Gasteiger partial charge is 0.226 e. The molecule has 2 aromatic rings. The van der Waals surface area contributed by atoms with Crippen molar-refractivity contribution in [3.05, 3.63) is 40.4 Å². The number of nitrogens with one attached hydrogen (secondary N) is 1. The van der Waals surface area contributed by atoms with Crippen LogP contribution in [0.25, 0.3) is 0 Å². The van der Waals surface area contributed by atoms with Crippen molar-refractivity contribution in [3.63, 3.8) is 0 Å². The standard InChI is InChI=1S/C20H27N5O2S/c1-3-18-22-23-20(28-18)21-17(26)8-9-19(27)25-12-10-24(11-13-25)14-16-6-4-15(2)5-7-16/h4-7H,3,8-14H2,1-2H3,(H,21,23,26). The molecule has 1 fully saturated rings. The van der Waals surface area contributed by atoms with Crippen LogP contribution >= 0.6 is 11.3 Å². The lowest BCUT2D eigenvalue weighted by atomic mass is 10.1. The molecule has 1 aromatic heterocycles. The first-order valence-electron chi connectivity index (χ1n) is 9.71. The fourth-order valence-electron chi connectivity index (χ4n) is 3.11. The van der Waals surface area contributed by atoms with Crippen LogP contribution in [0.4, 0.5) is 5.13 Å². The molecular formula is C20H27N5O2S. The number of anilines is 1. The summed E-state index contributed by atoms with van der Waals surface area (Å²) in [7, 11) is 0. The van der Waals surface area contributed by atoms with Crippen molar-refractivity contribution in [2.45, 2.75) is 39.7 Å². The van der Waals surface area contributed by atoms with Crippen molar-refractivity contribution in [1.29, 1.82) is 0 Å². The first-order chi connectivity index (χ1) is 13.5. The van der Waals surface area contributed by atoms with Gasteiger partial charge in [0, 0.05) is 45.6 Å². The van der Waals surface area contributed by atoms with E-state index >= 15 is 0 Å². The van der Waals surface area contributed by atoms with Crippen LogP contribution in [0.2, 0.25) is 0 Å². The molecule has 8 heteroatoms. The predicted molar refractivity (Wildman–Crippen MR) is 110 cm³/mol. The van der Waals surface area contributed by atoms with Gasteiger partial charge in [0.25, 0.3) is 0 Å². The van der Waals surface area contributed by atoms with Crippen LogP contribution in [-0.4, -0.2) is 58.0 Å². The van der Waals surface area contributed by atoms with Crippen LogP contribution in [-0.2, 0) is 22.6 Å². The monoisotopic (exact) mass is 401 g/mol. The Morgan fingerprint density at radius 1 is 1.07 bits per heavy atom. The van der Waals surface area contributed by atoms with Gasteiger partial charge in [0.15, 0.2) is 0 Å². The summed E-state index contributed by atoms with van der Waals surface area (Å²) in [5, 5.41) is 12.0. The van der Waals surface area contributed by atoms with Crippen LogP contribution in [0, 0.1) is 6.92 Å². The molecule has 1 aliphatic heterocycles. The highest BCUT2D eigenvalue weighted by Gasteiger charge is 2.21. The van der Waals surface area contributed by atoms with Gasteiger partial charge in [-0.15, -0.1) is 10.2 Å². The molecule has 0 atom stereocenters. The van der Waals surface area contributed by atoms with Crippen LogP contribution in [0.3, 0.4) is 0 Å². The highest BCUT2D eigenvalue weighted by atomic mass is 32.1. The highest BCUT2D eigenvalue weighted by molar-refractivity contribution is 7.15. The van der Waals surface area contributed by atoms with Gasteiger partial charge in [0.05, 0.1) is 0 Å². The van der Waals surface area contributed by atoms with Gasteiger partial charge in [-0.3, -0.25) is 14.5 Å². The van der Waals surface area contributed by atoms with Crippen LogP contribution < -0.4 is 5.32 Å². The van der Waals surface area contributed by atoms with Gasteiger partial charge in [-0.05, 0) is 18.9 Å². The minimum atomic E-state index is -0.190. The number of carbonyl (C=O) groups is 2. The number of benzene rings is 1. The summed E-state index contributed by atoms with van der Waals surface area (Å²) in [6.45, 7) is 8.13. The van der Waals surface area contributed by atoms with Crippen LogP contribution in [0.1, 0.15) is 35.9 Å². The summed E-state index contributed by atoms with van der Waals surface area (Å²) < 4.78 is 0. The molecule has 2 heterocycles. The van der Waals surface area contributed by atoms with Crippen LogP contribution in [0.5, 0.6) is 0 Å². The van der Waals surface area contributed by atoms with E-state index in [2.05, 4.69) is 51.6 Å². The first-order valence-corrected chi connectivity index (χ1v) is 10.5.